The van der Waals surface area contributed by atoms with E-state index in [0.29, 0.717) is 42.9 Å². The van der Waals surface area contributed by atoms with Gasteiger partial charge >= 0.3 is 0 Å². The third-order valence-electron chi connectivity index (χ3n) is 7.29. The van der Waals surface area contributed by atoms with Crippen LogP contribution in [0, 0.1) is 0 Å². The van der Waals surface area contributed by atoms with Crippen LogP contribution in [-0.2, 0) is 24.4 Å². The Kier molecular flexibility index (Phi) is 8.41. The number of benzene rings is 2. The van der Waals surface area contributed by atoms with E-state index in [4.69, 9.17) is 4.74 Å². The van der Waals surface area contributed by atoms with Gasteiger partial charge in [-0.15, -0.1) is 0 Å². The van der Waals surface area contributed by atoms with E-state index in [1.54, 1.807) is 24.3 Å². The number of ether oxygens (including phenoxy) is 1. The maximum atomic E-state index is 13.1. The molecular weight excluding hydrogens is 548 g/mol. The summed E-state index contributed by atoms with van der Waals surface area (Å²) in [6.45, 7) is 0.242. The number of unbranched alkanes of at least 4 members (excludes halogenated alkanes) is 1. The standard InChI is InChI=1S/C29H30N4O7S/c34-24-9-6-17-31-29(24)41(38,39)33-19-25(35)27-23(33)15-18-32(27)26(36)10-4-5-16-30-28(37)20-11-13-22(14-12-20)40-21-7-2-1-3-8-21/h1-3,6-8,11-14,17,23,27H,4-5,9-10,15-16,18-19H2,(H,30,37). The zero-order chi connectivity index (χ0) is 29.0. The molecule has 2 saturated heterocycles. The van der Waals surface area contributed by atoms with Crippen molar-refractivity contribution in [2.24, 2.45) is 4.99 Å². The summed E-state index contributed by atoms with van der Waals surface area (Å²) in [5.74, 6) is -0.136. The van der Waals surface area contributed by atoms with Crippen molar-refractivity contribution in [3.8, 4) is 11.5 Å². The summed E-state index contributed by atoms with van der Waals surface area (Å²) in [6, 6.07) is 14.6. The molecule has 0 aliphatic carbocycles. The lowest BCUT2D eigenvalue weighted by atomic mass is 10.1. The molecule has 214 valence electrons. The minimum absolute atomic E-state index is 0.0605. The molecule has 3 aliphatic rings. The number of rotatable bonds is 9. The number of sulfonamides is 1. The fourth-order valence-electron chi connectivity index (χ4n) is 5.28. The predicted octanol–water partition coefficient (Wildman–Crippen LogP) is 2.45. The fourth-order valence-corrected chi connectivity index (χ4v) is 6.94. The van der Waals surface area contributed by atoms with Crippen molar-refractivity contribution >= 4 is 38.4 Å². The van der Waals surface area contributed by atoms with Gasteiger partial charge in [0.1, 0.15) is 17.5 Å². The van der Waals surface area contributed by atoms with Gasteiger partial charge in [0.2, 0.25) is 11.0 Å². The van der Waals surface area contributed by atoms with Gasteiger partial charge in [0.15, 0.2) is 11.6 Å². The summed E-state index contributed by atoms with van der Waals surface area (Å²) in [7, 11) is -4.24. The molecule has 0 saturated carbocycles. The topological polar surface area (TPSA) is 143 Å². The van der Waals surface area contributed by atoms with E-state index < -0.39 is 32.9 Å². The van der Waals surface area contributed by atoms with E-state index in [9.17, 15) is 27.6 Å². The highest BCUT2D eigenvalue weighted by molar-refractivity contribution is 8.06. The van der Waals surface area contributed by atoms with Crippen molar-refractivity contribution in [3.05, 3.63) is 72.4 Å². The Hall–Kier alpha value is -4.16. The summed E-state index contributed by atoms with van der Waals surface area (Å²) in [5.41, 5.74) is 0.487. The third-order valence-corrected chi connectivity index (χ3v) is 9.13. The normalized spacial score (nSPS) is 20.6. The molecule has 2 atom stereocenters. The molecular formula is C29H30N4O7S. The SMILES string of the molecule is O=C1CC=CN=C1S(=O)(=O)N1CC(=O)C2C1CCN2C(=O)CCCCNC(=O)c1ccc(Oc2ccccc2)cc1. The molecule has 0 aromatic heterocycles. The number of carbonyl (C=O) groups is 4. The van der Waals surface area contributed by atoms with Crippen LogP contribution in [0.3, 0.4) is 0 Å². The monoisotopic (exact) mass is 578 g/mol. The first-order chi connectivity index (χ1) is 19.8. The summed E-state index contributed by atoms with van der Waals surface area (Å²) in [4.78, 5) is 55.6. The molecule has 3 aliphatic heterocycles. The van der Waals surface area contributed by atoms with Gasteiger partial charge in [-0.2, -0.15) is 4.31 Å². The van der Waals surface area contributed by atoms with Crippen LogP contribution in [0.2, 0.25) is 0 Å². The summed E-state index contributed by atoms with van der Waals surface area (Å²) < 4.78 is 33.0. The van der Waals surface area contributed by atoms with Crippen LogP contribution in [0.1, 0.15) is 42.5 Å². The number of ketones is 2. The second-order valence-electron chi connectivity index (χ2n) is 10.0. The van der Waals surface area contributed by atoms with Gasteiger partial charge in [-0.05, 0) is 55.7 Å². The Bertz CT molecular complexity index is 1500. The van der Waals surface area contributed by atoms with Gasteiger partial charge in [0, 0.05) is 37.7 Å². The molecule has 2 fully saturated rings. The van der Waals surface area contributed by atoms with Crippen molar-refractivity contribution in [1.29, 1.82) is 0 Å². The number of carbonyl (C=O) groups excluding carboxylic acids is 4. The molecule has 3 heterocycles. The van der Waals surface area contributed by atoms with Crippen molar-refractivity contribution in [2.45, 2.75) is 44.2 Å². The van der Waals surface area contributed by atoms with Gasteiger partial charge in [-0.1, -0.05) is 24.3 Å². The van der Waals surface area contributed by atoms with Crippen LogP contribution < -0.4 is 10.1 Å². The Labute approximate surface area is 237 Å². The van der Waals surface area contributed by atoms with Crippen LogP contribution in [0.5, 0.6) is 11.5 Å². The predicted molar refractivity (Wildman–Crippen MR) is 150 cm³/mol. The number of fused-ring (bicyclic) bond motifs is 1. The van der Waals surface area contributed by atoms with Crippen molar-refractivity contribution in [2.75, 3.05) is 19.6 Å². The maximum absolute atomic E-state index is 13.1. The highest BCUT2D eigenvalue weighted by Crippen LogP contribution is 2.33. The van der Waals surface area contributed by atoms with E-state index in [1.165, 1.54) is 17.2 Å². The van der Waals surface area contributed by atoms with Crippen molar-refractivity contribution in [1.82, 2.24) is 14.5 Å². The average Bonchev–Trinajstić information content (AvgIpc) is 3.55. The number of hydrogen-bond acceptors (Lipinski definition) is 8. The van der Waals surface area contributed by atoms with E-state index >= 15 is 0 Å². The first-order valence-corrected chi connectivity index (χ1v) is 14.9. The molecule has 0 spiro atoms. The van der Waals surface area contributed by atoms with Gasteiger partial charge in [0.25, 0.3) is 15.9 Å². The maximum Gasteiger partial charge on any atom is 0.264 e. The quantitative estimate of drug-likeness (QED) is 0.451. The fraction of sp³-hybridized carbons (Fsp3) is 0.345. The zero-order valence-electron chi connectivity index (χ0n) is 22.3. The molecule has 1 N–H and O–H groups in total. The lowest BCUT2D eigenvalue weighted by Gasteiger charge is -2.24. The van der Waals surface area contributed by atoms with E-state index in [1.807, 2.05) is 30.3 Å². The smallest absolute Gasteiger partial charge is 0.264 e. The lowest BCUT2D eigenvalue weighted by Crippen LogP contribution is -2.45. The molecule has 11 nitrogen and oxygen atoms in total. The number of nitrogens with one attached hydrogen (secondary N) is 1. The largest absolute Gasteiger partial charge is 0.457 e. The van der Waals surface area contributed by atoms with Crippen LogP contribution in [0.25, 0.3) is 0 Å². The molecule has 41 heavy (non-hydrogen) atoms. The van der Waals surface area contributed by atoms with E-state index in [-0.39, 0.29) is 43.5 Å². The molecule has 5 rings (SSSR count). The summed E-state index contributed by atoms with van der Waals surface area (Å²) in [5, 5.41) is 2.28. The number of allylic oxidation sites excluding steroid dienone is 1. The van der Waals surface area contributed by atoms with Crippen molar-refractivity contribution in [3.63, 3.8) is 0 Å². The number of Topliss-reactive ketones (excluding diaryl/α,β-unsaturated/α-hetero) is 2. The Morgan fingerprint density at radius 1 is 1.00 bits per heavy atom. The number of likely N-dealkylation sites (tertiary alicyclic amines) is 1. The minimum atomic E-state index is -4.24. The number of nitrogens with zero attached hydrogens (tertiary/aromatic N) is 3. The highest BCUT2D eigenvalue weighted by atomic mass is 32.2. The van der Waals surface area contributed by atoms with Crippen molar-refractivity contribution < 1.29 is 32.3 Å². The molecule has 2 aromatic rings. The van der Waals surface area contributed by atoms with Crippen LogP contribution in [0.15, 0.2) is 71.9 Å². The van der Waals surface area contributed by atoms with Gasteiger partial charge in [-0.25, -0.2) is 13.4 Å². The van der Waals surface area contributed by atoms with Gasteiger partial charge in [-0.3, -0.25) is 19.2 Å². The van der Waals surface area contributed by atoms with E-state index in [2.05, 4.69) is 10.3 Å². The van der Waals surface area contributed by atoms with Crippen LogP contribution >= 0.6 is 0 Å². The highest BCUT2D eigenvalue weighted by Gasteiger charge is 2.54. The minimum Gasteiger partial charge on any atom is -0.457 e. The zero-order valence-corrected chi connectivity index (χ0v) is 23.1. The molecule has 2 amide bonds. The Balaban J connectivity index is 1.07. The third kappa shape index (κ3) is 6.13. The number of aliphatic imine (C=N–C) groups is 1. The van der Waals surface area contributed by atoms with Crippen LogP contribution in [0.4, 0.5) is 0 Å². The average molecular weight is 579 g/mol. The first kappa shape index (κ1) is 28.4. The molecule has 0 bridgehead atoms. The van der Waals surface area contributed by atoms with E-state index in [0.717, 1.165) is 4.31 Å². The summed E-state index contributed by atoms with van der Waals surface area (Å²) in [6.07, 6.45) is 4.21. The second-order valence-corrected chi connectivity index (χ2v) is 11.8. The Morgan fingerprint density at radius 2 is 1.73 bits per heavy atom. The first-order valence-electron chi connectivity index (χ1n) is 13.5. The molecule has 12 heteroatoms. The van der Waals surface area contributed by atoms with Crippen LogP contribution in [-0.4, -0.2) is 77.8 Å². The Morgan fingerprint density at radius 3 is 2.46 bits per heavy atom. The second kappa shape index (κ2) is 12.1. The molecule has 2 unspecified atom stereocenters. The lowest BCUT2D eigenvalue weighted by molar-refractivity contribution is -0.136. The number of para-hydroxylation sites is 1. The van der Waals surface area contributed by atoms with Gasteiger partial charge in [0.05, 0.1) is 12.6 Å². The summed E-state index contributed by atoms with van der Waals surface area (Å²) >= 11 is 0. The number of hydrogen-bond donors (Lipinski definition) is 1. The number of amides is 2. The van der Waals surface area contributed by atoms with Gasteiger partial charge < -0.3 is 15.0 Å². The molecule has 0 radical (unpaired) electrons. The molecule has 2 aromatic carbocycles.